The average Bonchev–Trinajstić information content (AvgIpc) is 2.88. The summed E-state index contributed by atoms with van der Waals surface area (Å²) < 4.78 is 0. The molecule has 1 saturated carbocycles. The summed E-state index contributed by atoms with van der Waals surface area (Å²) >= 11 is 5.78. The second-order valence-electron chi connectivity index (χ2n) is 3.59. The Labute approximate surface area is 78.6 Å². The Morgan fingerprint density at radius 2 is 1.83 bits per heavy atom. The molecule has 1 fully saturated rings. The van der Waals surface area contributed by atoms with Crippen LogP contribution in [0.4, 0.5) is 0 Å². The summed E-state index contributed by atoms with van der Waals surface area (Å²) in [6.07, 6.45) is 3.78. The molecule has 1 aromatic rings. The van der Waals surface area contributed by atoms with Gasteiger partial charge in [-0.25, -0.2) is 0 Å². The summed E-state index contributed by atoms with van der Waals surface area (Å²) in [6, 6.07) is 10.7. The molecule has 0 aromatic heterocycles. The van der Waals surface area contributed by atoms with Crippen molar-refractivity contribution in [2.75, 3.05) is 5.88 Å². The molecule has 1 aliphatic rings. The molecule has 0 spiro atoms. The van der Waals surface area contributed by atoms with E-state index in [1.54, 1.807) is 0 Å². The highest BCUT2D eigenvalue weighted by Crippen LogP contribution is 2.50. The molecular formula is C11H13Cl. The van der Waals surface area contributed by atoms with Crippen molar-refractivity contribution < 1.29 is 0 Å². The van der Waals surface area contributed by atoms with E-state index in [9.17, 15) is 0 Å². The highest BCUT2D eigenvalue weighted by Gasteiger charge is 2.42. The first kappa shape index (κ1) is 8.12. The Bertz CT molecular complexity index is 249. The highest BCUT2D eigenvalue weighted by atomic mass is 35.5. The van der Waals surface area contributed by atoms with Gasteiger partial charge in [0, 0.05) is 5.88 Å². The average molecular weight is 181 g/mol. The number of halogens is 1. The van der Waals surface area contributed by atoms with Gasteiger partial charge in [0.25, 0.3) is 0 Å². The Morgan fingerprint density at radius 1 is 1.17 bits per heavy atom. The van der Waals surface area contributed by atoms with Crippen LogP contribution in [0.2, 0.25) is 0 Å². The third-order valence-electron chi connectivity index (χ3n) is 2.81. The van der Waals surface area contributed by atoms with Gasteiger partial charge in [0.2, 0.25) is 0 Å². The molecule has 1 heteroatoms. The van der Waals surface area contributed by atoms with Crippen molar-refractivity contribution in [3.05, 3.63) is 35.9 Å². The SMILES string of the molecule is ClCCC1(c2ccccc2)CC1. The molecule has 0 aliphatic heterocycles. The quantitative estimate of drug-likeness (QED) is 0.626. The largest absolute Gasteiger partial charge is 0.127 e. The third kappa shape index (κ3) is 1.36. The van der Waals surface area contributed by atoms with Gasteiger partial charge in [-0.2, -0.15) is 0 Å². The van der Waals surface area contributed by atoms with E-state index in [1.807, 2.05) is 0 Å². The number of rotatable bonds is 3. The Kier molecular flexibility index (Phi) is 2.10. The maximum absolute atomic E-state index is 5.78. The van der Waals surface area contributed by atoms with Crippen LogP contribution in [0.5, 0.6) is 0 Å². The minimum absolute atomic E-state index is 0.461. The fraction of sp³-hybridized carbons (Fsp3) is 0.455. The van der Waals surface area contributed by atoms with Crippen molar-refractivity contribution in [2.24, 2.45) is 0 Å². The van der Waals surface area contributed by atoms with Crippen LogP contribution in [0.3, 0.4) is 0 Å². The lowest BCUT2D eigenvalue weighted by Crippen LogP contribution is -2.06. The molecule has 0 heterocycles. The van der Waals surface area contributed by atoms with Gasteiger partial charge in [-0.15, -0.1) is 11.6 Å². The summed E-state index contributed by atoms with van der Waals surface area (Å²) in [5.74, 6) is 0.787. The minimum atomic E-state index is 0.461. The standard InChI is InChI=1S/C11H13Cl/c12-9-8-11(6-7-11)10-4-2-1-3-5-10/h1-5H,6-9H2. The van der Waals surface area contributed by atoms with Crippen molar-refractivity contribution in [3.8, 4) is 0 Å². The van der Waals surface area contributed by atoms with Crippen molar-refractivity contribution in [1.82, 2.24) is 0 Å². The predicted molar refractivity (Wildman–Crippen MR) is 52.7 cm³/mol. The van der Waals surface area contributed by atoms with Crippen molar-refractivity contribution in [2.45, 2.75) is 24.7 Å². The second kappa shape index (κ2) is 3.10. The van der Waals surface area contributed by atoms with Crippen LogP contribution in [0.1, 0.15) is 24.8 Å². The summed E-state index contributed by atoms with van der Waals surface area (Å²) in [6.45, 7) is 0. The van der Waals surface area contributed by atoms with Crippen molar-refractivity contribution in [1.29, 1.82) is 0 Å². The molecule has 0 amide bonds. The van der Waals surface area contributed by atoms with Gasteiger partial charge in [0.1, 0.15) is 0 Å². The fourth-order valence-corrected chi connectivity index (χ4v) is 2.17. The minimum Gasteiger partial charge on any atom is -0.127 e. The van der Waals surface area contributed by atoms with Crippen LogP contribution >= 0.6 is 11.6 Å². The van der Waals surface area contributed by atoms with Crippen LogP contribution in [0.15, 0.2) is 30.3 Å². The molecule has 12 heavy (non-hydrogen) atoms. The number of hydrogen-bond donors (Lipinski definition) is 0. The Hall–Kier alpha value is -0.490. The van der Waals surface area contributed by atoms with Gasteiger partial charge >= 0.3 is 0 Å². The molecule has 64 valence electrons. The predicted octanol–water partition coefficient (Wildman–Crippen LogP) is 3.35. The van der Waals surface area contributed by atoms with E-state index in [4.69, 9.17) is 11.6 Å². The highest BCUT2D eigenvalue weighted by molar-refractivity contribution is 6.17. The summed E-state index contributed by atoms with van der Waals surface area (Å²) in [5.41, 5.74) is 1.94. The van der Waals surface area contributed by atoms with Gasteiger partial charge in [0.15, 0.2) is 0 Å². The smallest absolute Gasteiger partial charge is 0.0231 e. The van der Waals surface area contributed by atoms with Gasteiger partial charge in [0.05, 0.1) is 0 Å². The second-order valence-corrected chi connectivity index (χ2v) is 3.96. The van der Waals surface area contributed by atoms with E-state index >= 15 is 0 Å². The van der Waals surface area contributed by atoms with Crippen LogP contribution in [0.25, 0.3) is 0 Å². The molecule has 1 aromatic carbocycles. The lowest BCUT2D eigenvalue weighted by Gasteiger charge is -2.12. The molecule has 0 N–H and O–H groups in total. The molecule has 0 bridgehead atoms. The fourth-order valence-electron chi connectivity index (χ4n) is 1.81. The van der Waals surface area contributed by atoms with Gasteiger partial charge < -0.3 is 0 Å². The van der Waals surface area contributed by atoms with Crippen molar-refractivity contribution in [3.63, 3.8) is 0 Å². The van der Waals surface area contributed by atoms with Gasteiger partial charge in [-0.05, 0) is 30.2 Å². The number of benzene rings is 1. The first-order valence-corrected chi connectivity index (χ1v) is 5.02. The van der Waals surface area contributed by atoms with E-state index in [0.717, 1.165) is 12.3 Å². The van der Waals surface area contributed by atoms with Crippen LogP contribution in [-0.2, 0) is 5.41 Å². The van der Waals surface area contributed by atoms with Crippen LogP contribution in [-0.4, -0.2) is 5.88 Å². The van der Waals surface area contributed by atoms with Gasteiger partial charge in [-0.1, -0.05) is 30.3 Å². The molecule has 2 rings (SSSR count). The van der Waals surface area contributed by atoms with Gasteiger partial charge in [-0.3, -0.25) is 0 Å². The van der Waals surface area contributed by atoms with E-state index in [-0.39, 0.29) is 0 Å². The summed E-state index contributed by atoms with van der Waals surface area (Å²) in [7, 11) is 0. The lowest BCUT2D eigenvalue weighted by atomic mass is 9.93. The zero-order valence-electron chi connectivity index (χ0n) is 7.09. The maximum atomic E-state index is 5.78. The molecule has 0 saturated heterocycles. The first-order chi connectivity index (χ1) is 5.87. The van der Waals surface area contributed by atoms with E-state index in [1.165, 1.54) is 18.4 Å². The Morgan fingerprint density at radius 3 is 2.33 bits per heavy atom. The third-order valence-corrected chi connectivity index (χ3v) is 3.00. The van der Waals surface area contributed by atoms with Crippen molar-refractivity contribution >= 4 is 11.6 Å². The maximum Gasteiger partial charge on any atom is 0.0231 e. The summed E-state index contributed by atoms with van der Waals surface area (Å²) in [4.78, 5) is 0. The Balaban J connectivity index is 2.19. The number of alkyl halides is 1. The van der Waals surface area contributed by atoms with E-state index in [2.05, 4.69) is 30.3 Å². The molecule has 0 radical (unpaired) electrons. The summed E-state index contributed by atoms with van der Waals surface area (Å²) in [5, 5.41) is 0. The van der Waals surface area contributed by atoms with E-state index < -0.39 is 0 Å². The molecule has 1 aliphatic carbocycles. The first-order valence-electron chi connectivity index (χ1n) is 4.49. The zero-order valence-corrected chi connectivity index (χ0v) is 7.85. The zero-order chi connectivity index (χ0) is 8.44. The molecular weight excluding hydrogens is 168 g/mol. The monoisotopic (exact) mass is 180 g/mol. The number of hydrogen-bond acceptors (Lipinski definition) is 0. The molecule has 0 atom stereocenters. The topological polar surface area (TPSA) is 0 Å². The van der Waals surface area contributed by atoms with Crippen LogP contribution in [0, 0.1) is 0 Å². The normalized spacial score (nSPS) is 19.1. The molecule has 0 unspecified atom stereocenters. The van der Waals surface area contributed by atoms with Crippen LogP contribution < -0.4 is 0 Å². The molecule has 0 nitrogen and oxygen atoms in total. The lowest BCUT2D eigenvalue weighted by molar-refractivity contribution is 0.668. The van der Waals surface area contributed by atoms with E-state index in [0.29, 0.717) is 5.41 Å².